The van der Waals surface area contributed by atoms with Gasteiger partial charge >= 0.3 is 5.69 Å². The van der Waals surface area contributed by atoms with E-state index in [9.17, 15) is 18.0 Å². The van der Waals surface area contributed by atoms with Crippen LogP contribution in [0.2, 0.25) is 5.02 Å². The van der Waals surface area contributed by atoms with Gasteiger partial charge in [0.2, 0.25) is 5.91 Å². The van der Waals surface area contributed by atoms with Crippen LogP contribution in [-0.4, -0.2) is 28.4 Å². The zero-order valence-electron chi connectivity index (χ0n) is 13.5. The van der Waals surface area contributed by atoms with Gasteiger partial charge in [-0.1, -0.05) is 11.6 Å². The van der Waals surface area contributed by atoms with E-state index in [-0.39, 0.29) is 17.3 Å². The summed E-state index contributed by atoms with van der Waals surface area (Å²) in [5.74, 6) is -0.383. The molecule has 24 heavy (non-hydrogen) atoms. The Hall–Kier alpha value is -2.06. The molecule has 7 nitrogen and oxygen atoms in total. The van der Waals surface area contributed by atoms with Crippen LogP contribution in [0.4, 0.5) is 0 Å². The standard InChI is InChI=1S/C15H18ClN3O4S/c1-15(2,3)17-13(20)10-18-8-9-19(14(18)21)24(22,23)12-6-4-11(16)5-7-12/h4-9H,10H2,1-3H3,(H,17,20). The van der Waals surface area contributed by atoms with Crippen molar-refractivity contribution in [3.05, 3.63) is 52.2 Å². The van der Waals surface area contributed by atoms with E-state index in [1.165, 1.54) is 30.5 Å². The van der Waals surface area contributed by atoms with E-state index >= 15 is 0 Å². The molecular formula is C15H18ClN3O4S. The first-order chi connectivity index (χ1) is 11.0. The molecular weight excluding hydrogens is 354 g/mol. The number of hydrogen-bond donors (Lipinski definition) is 1. The molecule has 0 aliphatic carbocycles. The highest BCUT2D eigenvalue weighted by Gasteiger charge is 2.22. The Morgan fingerprint density at radius 1 is 1.17 bits per heavy atom. The lowest BCUT2D eigenvalue weighted by atomic mass is 10.1. The quantitative estimate of drug-likeness (QED) is 0.880. The van der Waals surface area contributed by atoms with E-state index < -0.39 is 21.3 Å². The summed E-state index contributed by atoms with van der Waals surface area (Å²) in [5, 5.41) is 3.10. The van der Waals surface area contributed by atoms with Gasteiger partial charge in [0.1, 0.15) is 6.54 Å². The summed E-state index contributed by atoms with van der Waals surface area (Å²) >= 11 is 5.74. The van der Waals surface area contributed by atoms with E-state index in [4.69, 9.17) is 11.6 Å². The van der Waals surface area contributed by atoms with E-state index in [0.29, 0.717) is 9.00 Å². The Balaban J connectivity index is 2.31. The van der Waals surface area contributed by atoms with Crippen LogP contribution in [0.25, 0.3) is 0 Å². The van der Waals surface area contributed by atoms with Crippen LogP contribution in [-0.2, 0) is 21.4 Å². The van der Waals surface area contributed by atoms with Gasteiger partial charge in [0.25, 0.3) is 10.0 Å². The van der Waals surface area contributed by atoms with Gasteiger partial charge < -0.3 is 5.32 Å². The molecule has 0 saturated heterocycles. The Bertz CT molecular complexity index is 905. The third-order valence-electron chi connectivity index (χ3n) is 3.02. The summed E-state index contributed by atoms with van der Waals surface area (Å²) in [6, 6.07) is 5.47. The number of nitrogens with zero attached hydrogens (tertiary/aromatic N) is 2. The molecule has 130 valence electrons. The van der Waals surface area contributed by atoms with Crippen LogP contribution in [0, 0.1) is 0 Å². The minimum absolute atomic E-state index is 0.0640. The van der Waals surface area contributed by atoms with Crippen molar-refractivity contribution in [2.45, 2.75) is 37.8 Å². The van der Waals surface area contributed by atoms with Crippen molar-refractivity contribution in [3.8, 4) is 0 Å². The lowest BCUT2D eigenvalue weighted by Gasteiger charge is -2.20. The molecule has 0 spiro atoms. The fraction of sp³-hybridized carbons (Fsp3) is 0.333. The lowest BCUT2D eigenvalue weighted by molar-refractivity contribution is -0.123. The normalized spacial score (nSPS) is 12.2. The van der Waals surface area contributed by atoms with Gasteiger partial charge in [0.15, 0.2) is 0 Å². The highest BCUT2D eigenvalue weighted by atomic mass is 35.5. The van der Waals surface area contributed by atoms with Gasteiger partial charge in [0.05, 0.1) is 4.90 Å². The monoisotopic (exact) mass is 371 g/mol. The molecule has 0 aliphatic rings. The maximum absolute atomic E-state index is 12.5. The fourth-order valence-corrected chi connectivity index (χ4v) is 3.39. The maximum Gasteiger partial charge on any atom is 0.342 e. The largest absolute Gasteiger partial charge is 0.350 e. The predicted molar refractivity (Wildman–Crippen MR) is 90.6 cm³/mol. The third-order valence-corrected chi connectivity index (χ3v) is 4.93. The number of carbonyl (C=O) groups is 1. The average molecular weight is 372 g/mol. The van der Waals surface area contributed by atoms with Gasteiger partial charge in [-0.3, -0.25) is 9.36 Å². The van der Waals surface area contributed by atoms with Crippen LogP contribution in [0.3, 0.4) is 0 Å². The van der Waals surface area contributed by atoms with E-state index in [1.54, 1.807) is 0 Å². The molecule has 0 fully saturated rings. The van der Waals surface area contributed by atoms with Crippen molar-refractivity contribution in [3.63, 3.8) is 0 Å². The van der Waals surface area contributed by atoms with Crippen molar-refractivity contribution in [1.82, 2.24) is 13.9 Å². The molecule has 0 unspecified atom stereocenters. The molecule has 0 radical (unpaired) electrons. The van der Waals surface area contributed by atoms with E-state index in [2.05, 4.69) is 5.32 Å². The number of halogens is 1. The zero-order valence-corrected chi connectivity index (χ0v) is 15.1. The van der Waals surface area contributed by atoms with Crippen LogP contribution in [0.15, 0.2) is 46.3 Å². The number of benzene rings is 1. The number of amides is 1. The number of hydrogen-bond acceptors (Lipinski definition) is 4. The second kappa shape index (κ2) is 6.45. The maximum atomic E-state index is 12.5. The molecule has 2 rings (SSSR count). The number of rotatable bonds is 4. The van der Waals surface area contributed by atoms with Crippen molar-refractivity contribution >= 4 is 27.5 Å². The minimum atomic E-state index is -4.04. The number of carbonyl (C=O) groups excluding carboxylic acids is 1. The second-order valence-electron chi connectivity index (χ2n) is 6.26. The van der Waals surface area contributed by atoms with Gasteiger partial charge in [-0.25, -0.2) is 13.2 Å². The minimum Gasteiger partial charge on any atom is -0.350 e. The first-order valence-electron chi connectivity index (χ1n) is 7.11. The lowest BCUT2D eigenvalue weighted by Crippen LogP contribution is -2.43. The van der Waals surface area contributed by atoms with Crippen LogP contribution < -0.4 is 11.0 Å². The number of imidazole rings is 1. The topological polar surface area (TPSA) is 90.2 Å². The van der Waals surface area contributed by atoms with Crippen LogP contribution in [0.1, 0.15) is 20.8 Å². The summed E-state index contributed by atoms with van der Waals surface area (Å²) in [4.78, 5) is 24.1. The summed E-state index contributed by atoms with van der Waals surface area (Å²) in [5.41, 5.74) is -1.26. The first-order valence-corrected chi connectivity index (χ1v) is 8.92. The molecule has 0 bridgehead atoms. The van der Waals surface area contributed by atoms with Crippen molar-refractivity contribution < 1.29 is 13.2 Å². The molecule has 1 N–H and O–H groups in total. The average Bonchev–Trinajstić information content (AvgIpc) is 2.79. The Morgan fingerprint density at radius 2 is 1.75 bits per heavy atom. The second-order valence-corrected chi connectivity index (χ2v) is 8.51. The number of aromatic nitrogens is 2. The zero-order chi connectivity index (χ0) is 18.1. The summed E-state index contributed by atoms with van der Waals surface area (Å²) in [7, 11) is -4.04. The highest BCUT2D eigenvalue weighted by molar-refractivity contribution is 7.90. The molecule has 1 amide bonds. The molecule has 1 aromatic carbocycles. The molecule has 2 aromatic rings. The molecule has 0 saturated carbocycles. The molecule has 9 heteroatoms. The summed E-state index contributed by atoms with van der Waals surface area (Å²) in [6.45, 7) is 5.16. The Kier molecular flexibility index (Phi) is 4.91. The van der Waals surface area contributed by atoms with E-state index in [0.717, 1.165) is 10.8 Å². The third kappa shape index (κ3) is 4.07. The Morgan fingerprint density at radius 3 is 2.29 bits per heavy atom. The Labute approximate surface area is 144 Å². The van der Waals surface area contributed by atoms with Gasteiger partial charge in [-0.05, 0) is 45.0 Å². The van der Waals surface area contributed by atoms with Crippen LogP contribution >= 0.6 is 11.6 Å². The summed E-state index contributed by atoms with van der Waals surface area (Å²) < 4.78 is 26.6. The van der Waals surface area contributed by atoms with Gasteiger partial charge in [0, 0.05) is 23.0 Å². The van der Waals surface area contributed by atoms with Crippen molar-refractivity contribution in [2.24, 2.45) is 0 Å². The van der Waals surface area contributed by atoms with Crippen molar-refractivity contribution in [1.29, 1.82) is 0 Å². The molecule has 1 heterocycles. The van der Waals surface area contributed by atoms with Crippen molar-refractivity contribution in [2.75, 3.05) is 0 Å². The smallest absolute Gasteiger partial charge is 0.342 e. The SMILES string of the molecule is CC(C)(C)NC(=O)Cn1ccn(S(=O)(=O)c2ccc(Cl)cc2)c1=O. The first kappa shape index (κ1) is 18.3. The fourth-order valence-electron chi connectivity index (χ4n) is 2.03. The highest BCUT2D eigenvalue weighted by Crippen LogP contribution is 2.15. The molecule has 0 atom stereocenters. The van der Waals surface area contributed by atoms with Crippen LogP contribution in [0.5, 0.6) is 0 Å². The van der Waals surface area contributed by atoms with Gasteiger partial charge in [-0.2, -0.15) is 3.97 Å². The summed E-state index contributed by atoms with van der Waals surface area (Å²) in [6.07, 6.45) is 2.38. The molecule has 1 aromatic heterocycles. The number of nitrogens with one attached hydrogen (secondary N) is 1. The molecule has 0 aliphatic heterocycles. The predicted octanol–water partition coefficient (Wildman–Crippen LogP) is 1.45. The van der Waals surface area contributed by atoms with E-state index in [1.807, 2.05) is 20.8 Å². The van der Waals surface area contributed by atoms with Gasteiger partial charge in [-0.15, -0.1) is 0 Å².